The molecule has 0 aromatic rings. The molecule has 0 fully saturated rings. The van der Waals surface area contributed by atoms with Crippen LogP contribution in [-0.4, -0.2) is 24.0 Å². The minimum atomic E-state index is 0.741. The monoisotopic (exact) mass is 185 g/mol. The average Bonchev–Trinajstić information content (AvgIpc) is 2.00. The second-order valence-corrected chi connectivity index (χ2v) is 5.00. The van der Waals surface area contributed by atoms with Gasteiger partial charge in [-0.1, -0.05) is 34.6 Å². The zero-order valence-corrected chi connectivity index (χ0v) is 10.3. The zero-order valence-electron chi connectivity index (χ0n) is 10.3. The summed E-state index contributed by atoms with van der Waals surface area (Å²) in [5.74, 6) is 1.57. The fourth-order valence-corrected chi connectivity index (χ4v) is 1.63. The van der Waals surface area contributed by atoms with Crippen LogP contribution < -0.4 is 0 Å². The van der Waals surface area contributed by atoms with E-state index in [9.17, 15) is 0 Å². The van der Waals surface area contributed by atoms with Crippen molar-refractivity contribution in [2.75, 3.05) is 13.1 Å². The maximum Gasteiger partial charge on any atom is 0.00645 e. The molecule has 0 N–H and O–H groups in total. The molecule has 1 heteroatoms. The predicted octanol–water partition coefficient (Wildman–Crippen LogP) is 3.40. The van der Waals surface area contributed by atoms with Gasteiger partial charge in [0, 0.05) is 19.1 Å². The molecule has 0 aromatic carbocycles. The molecule has 13 heavy (non-hydrogen) atoms. The summed E-state index contributed by atoms with van der Waals surface area (Å²) in [4.78, 5) is 2.62. The van der Waals surface area contributed by atoms with E-state index >= 15 is 0 Å². The highest BCUT2D eigenvalue weighted by Crippen LogP contribution is 2.10. The van der Waals surface area contributed by atoms with E-state index in [1.807, 2.05) is 0 Å². The standard InChI is InChI=1S/C12H27N/c1-7-12(6)13(8-10(2)3)9-11(4)5/h10-12H,7-9H2,1-6H3. The Labute approximate surface area is 84.5 Å². The van der Waals surface area contributed by atoms with Gasteiger partial charge < -0.3 is 4.90 Å². The second kappa shape index (κ2) is 6.42. The minimum absolute atomic E-state index is 0.741. The van der Waals surface area contributed by atoms with Crippen molar-refractivity contribution in [3.63, 3.8) is 0 Å². The first kappa shape index (κ1) is 13.0. The lowest BCUT2D eigenvalue weighted by molar-refractivity contribution is 0.163. The van der Waals surface area contributed by atoms with Crippen molar-refractivity contribution >= 4 is 0 Å². The molecule has 0 heterocycles. The summed E-state index contributed by atoms with van der Waals surface area (Å²) in [6.45, 7) is 16.3. The van der Waals surface area contributed by atoms with Crippen LogP contribution in [0.5, 0.6) is 0 Å². The molecule has 0 aliphatic carbocycles. The van der Waals surface area contributed by atoms with Crippen molar-refractivity contribution in [1.29, 1.82) is 0 Å². The molecule has 0 bridgehead atoms. The molecule has 0 rings (SSSR count). The Hall–Kier alpha value is -0.0400. The van der Waals surface area contributed by atoms with Crippen molar-refractivity contribution < 1.29 is 0 Å². The summed E-state index contributed by atoms with van der Waals surface area (Å²) in [7, 11) is 0. The van der Waals surface area contributed by atoms with Crippen LogP contribution in [0.15, 0.2) is 0 Å². The summed E-state index contributed by atoms with van der Waals surface area (Å²) in [6, 6.07) is 0.741. The van der Waals surface area contributed by atoms with E-state index in [1.165, 1.54) is 19.5 Å². The van der Waals surface area contributed by atoms with Gasteiger partial charge in [-0.05, 0) is 25.2 Å². The lowest BCUT2D eigenvalue weighted by atomic mass is 10.1. The fraction of sp³-hybridized carbons (Fsp3) is 1.00. The predicted molar refractivity (Wildman–Crippen MR) is 61.0 cm³/mol. The van der Waals surface area contributed by atoms with Gasteiger partial charge in [-0.15, -0.1) is 0 Å². The van der Waals surface area contributed by atoms with E-state index in [2.05, 4.69) is 46.4 Å². The summed E-state index contributed by atoms with van der Waals surface area (Å²) >= 11 is 0. The molecule has 1 atom stereocenters. The van der Waals surface area contributed by atoms with Gasteiger partial charge in [0.05, 0.1) is 0 Å². The van der Waals surface area contributed by atoms with Crippen LogP contribution in [-0.2, 0) is 0 Å². The molecule has 1 unspecified atom stereocenters. The van der Waals surface area contributed by atoms with E-state index in [1.54, 1.807) is 0 Å². The molecule has 0 saturated carbocycles. The fourth-order valence-electron chi connectivity index (χ4n) is 1.63. The molecular formula is C12H27N. The third-order valence-corrected chi connectivity index (χ3v) is 2.41. The lowest BCUT2D eigenvalue weighted by Gasteiger charge is -2.31. The van der Waals surface area contributed by atoms with Gasteiger partial charge >= 0.3 is 0 Å². The lowest BCUT2D eigenvalue weighted by Crippen LogP contribution is -2.38. The molecule has 0 radical (unpaired) electrons. The van der Waals surface area contributed by atoms with Crippen molar-refractivity contribution in [3.8, 4) is 0 Å². The van der Waals surface area contributed by atoms with Crippen LogP contribution in [0.4, 0.5) is 0 Å². The zero-order chi connectivity index (χ0) is 10.4. The Morgan fingerprint density at radius 1 is 0.846 bits per heavy atom. The molecule has 0 aliphatic heterocycles. The molecule has 0 amide bonds. The molecule has 80 valence electrons. The van der Waals surface area contributed by atoms with E-state index in [0.29, 0.717) is 0 Å². The van der Waals surface area contributed by atoms with Gasteiger partial charge in [0.15, 0.2) is 0 Å². The van der Waals surface area contributed by atoms with Crippen molar-refractivity contribution in [1.82, 2.24) is 4.90 Å². The average molecular weight is 185 g/mol. The van der Waals surface area contributed by atoms with E-state index < -0.39 is 0 Å². The highest BCUT2D eigenvalue weighted by molar-refractivity contribution is 4.68. The number of nitrogens with zero attached hydrogens (tertiary/aromatic N) is 1. The topological polar surface area (TPSA) is 3.24 Å². The van der Waals surface area contributed by atoms with Crippen LogP contribution in [0.3, 0.4) is 0 Å². The molecule has 0 aromatic heterocycles. The summed E-state index contributed by atoms with van der Waals surface area (Å²) < 4.78 is 0. The highest BCUT2D eigenvalue weighted by atomic mass is 15.1. The van der Waals surface area contributed by atoms with Crippen LogP contribution in [0, 0.1) is 11.8 Å². The summed E-state index contributed by atoms with van der Waals surface area (Å²) in [5.41, 5.74) is 0. The maximum absolute atomic E-state index is 2.62. The third-order valence-electron chi connectivity index (χ3n) is 2.41. The Morgan fingerprint density at radius 2 is 1.23 bits per heavy atom. The van der Waals surface area contributed by atoms with Gasteiger partial charge in [0.1, 0.15) is 0 Å². The number of hydrogen-bond donors (Lipinski definition) is 0. The Kier molecular flexibility index (Phi) is 6.40. The minimum Gasteiger partial charge on any atom is -0.300 e. The van der Waals surface area contributed by atoms with Crippen LogP contribution in [0.25, 0.3) is 0 Å². The van der Waals surface area contributed by atoms with Gasteiger partial charge in [-0.2, -0.15) is 0 Å². The van der Waals surface area contributed by atoms with Gasteiger partial charge in [0.25, 0.3) is 0 Å². The largest absolute Gasteiger partial charge is 0.300 e. The number of rotatable bonds is 6. The van der Waals surface area contributed by atoms with E-state index in [4.69, 9.17) is 0 Å². The first-order valence-electron chi connectivity index (χ1n) is 5.71. The Balaban J connectivity index is 4.02. The molecule has 0 aliphatic rings. The summed E-state index contributed by atoms with van der Waals surface area (Å²) in [6.07, 6.45) is 1.26. The smallest absolute Gasteiger partial charge is 0.00645 e. The van der Waals surface area contributed by atoms with E-state index in [-0.39, 0.29) is 0 Å². The van der Waals surface area contributed by atoms with E-state index in [0.717, 1.165) is 17.9 Å². The van der Waals surface area contributed by atoms with Gasteiger partial charge in [-0.3, -0.25) is 0 Å². The molecule has 0 spiro atoms. The Bertz CT molecular complexity index is 108. The number of hydrogen-bond acceptors (Lipinski definition) is 1. The van der Waals surface area contributed by atoms with Crippen LogP contribution in [0.1, 0.15) is 48.0 Å². The van der Waals surface area contributed by atoms with Crippen LogP contribution in [0.2, 0.25) is 0 Å². The van der Waals surface area contributed by atoms with Crippen LogP contribution >= 0.6 is 0 Å². The van der Waals surface area contributed by atoms with Crippen molar-refractivity contribution in [2.24, 2.45) is 11.8 Å². The highest BCUT2D eigenvalue weighted by Gasteiger charge is 2.14. The maximum atomic E-state index is 2.62. The molecule has 1 nitrogen and oxygen atoms in total. The Morgan fingerprint density at radius 3 is 1.46 bits per heavy atom. The first-order chi connectivity index (χ1) is 5.97. The third kappa shape index (κ3) is 6.09. The SMILES string of the molecule is CCC(C)N(CC(C)C)CC(C)C. The molecule has 0 saturated heterocycles. The van der Waals surface area contributed by atoms with Crippen molar-refractivity contribution in [3.05, 3.63) is 0 Å². The van der Waals surface area contributed by atoms with Gasteiger partial charge in [-0.25, -0.2) is 0 Å². The second-order valence-electron chi connectivity index (χ2n) is 5.00. The molecular weight excluding hydrogens is 158 g/mol. The normalized spacial score (nSPS) is 14.5. The van der Waals surface area contributed by atoms with Gasteiger partial charge in [0.2, 0.25) is 0 Å². The first-order valence-corrected chi connectivity index (χ1v) is 5.71. The summed E-state index contributed by atoms with van der Waals surface area (Å²) in [5, 5.41) is 0. The quantitative estimate of drug-likeness (QED) is 0.613. The van der Waals surface area contributed by atoms with Crippen molar-refractivity contribution in [2.45, 2.75) is 54.0 Å².